The van der Waals surface area contributed by atoms with Gasteiger partial charge in [0.25, 0.3) is 0 Å². The number of aliphatic hydroxyl groups is 4. The summed E-state index contributed by atoms with van der Waals surface area (Å²) < 4.78 is 12.8. The number of hydrogen-bond donors (Lipinski definition) is 6. The number of aromatic nitrogens is 1. The monoisotopic (exact) mass is 685 g/mol. The number of aliphatic hydroxyl groups excluding tert-OH is 4. The molecule has 10 nitrogen and oxygen atoms in total. The fraction of sp³-hybridized carbons (Fsp3) is 0.486. The molecule has 254 valence electrons. The van der Waals surface area contributed by atoms with E-state index in [1.54, 1.807) is 11.8 Å². The number of para-hydroxylation sites is 1. The largest absolute Gasteiger partial charge is 0.490 e. The second kappa shape index (κ2) is 17.0. The van der Waals surface area contributed by atoms with Crippen molar-refractivity contribution in [2.75, 3.05) is 25.4 Å². The number of unbranched alkanes of at least 4 members (excludes halogenated alkanes) is 1. The van der Waals surface area contributed by atoms with Gasteiger partial charge in [-0.05, 0) is 92.2 Å². The average molecular weight is 686 g/mol. The van der Waals surface area contributed by atoms with Crippen LogP contribution in [0.5, 0.6) is 5.75 Å². The normalized spacial score (nSPS) is 17.0. The number of thioether (sulfide) groups is 1. The molecule has 2 fully saturated rings. The molecule has 6 N–H and O–H groups in total. The molecule has 47 heavy (non-hydrogen) atoms. The first-order chi connectivity index (χ1) is 22.8. The van der Waals surface area contributed by atoms with Gasteiger partial charge in [-0.15, -0.1) is 11.8 Å². The van der Waals surface area contributed by atoms with Gasteiger partial charge in [-0.25, -0.2) is 4.79 Å². The molecule has 3 aromatic rings. The number of nitrogens with one attached hydrogen (secondary N) is 2. The molecular formula is C35H44ClN3O7S. The molecule has 2 saturated carbocycles. The van der Waals surface area contributed by atoms with E-state index in [0.29, 0.717) is 24.3 Å². The number of nitrogens with zero attached hydrogens (tertiary/aromatic N) is 1. The number of carbonyl (C=O) groups is 1. The third kappa shape index (κ3) is 10.1. The maximum Gasteiger partial charge on any atom is 0.314 e. The van der Waals surface area contributed by atoms with Crippen LogP contribution >= 0.6 is 23.4 Å². The Labute approximate surface area is 284 Å². The fourth-order valence-electron chi connectivity index (χ4n) is 5.28. The molecule has 1 heterocycles. The van der Waals surface area contributed by atoms with Crippen molar-refractivity contribution in [2.24, 2.45) is 0 Å². The van der Waals surface area contributed by atoms with Gasteiger partial charge in [0.2, 0.25) is 0 Å². The van der Waals surface area contributed by atoms with E-state index in [-0.39, 0.29) is 19.6 Å². The minimum Gasteiger partial charge on any atom is -0.490 e. The van der Waals surface area contributed by atoms with Crippen LogP contribution in [0.1, 0.15) is 56.1 Å². The summed E-state index contributed by atoms with van der Waals surface area (Å²) in [4.78, 5) is 17.6. The Balaban J connectivity index is 1.07. The molecular weight excluding hydrogens is 642 g/mol. The van der Waals surface area contributed by atoms with Crippen LogP contribution in [-0.2, 0) is 16.9 Å². The summed E-state index contributed by atoms with van der Waals surface area (Å²) in [5.74, 6) is 1.75. The predicted octanol–water partition coefficient (Wildman–Crippen LogP) is 4.79. The maximum atomic E-state index is 12.0. The third-order valence-electron chi connectivity index (χ3n) is 8.34. The molecule has 0 radical (unpaired) electrons. The summed E-state index contributed by atoms with van der Waals surface area (Å²) in [6.07, 6.45) is 5.55. The number of pyridine rings is 1. The van der Waals surface area contributed by atoms with Crippen LogP contribution in [0.25, 0.3) is 11.1 Å². The number of rotatable bonds is 19. The summed E-state index contributed by atoms with van der Waals surface area (Å²) in [5.41, 5.74) is 3.73. The molecule has 1 aromatic heterocycles. The Hall–Kier alpha value is -2.90. The molecule has 12 heteroatoms. The topological polar surface area (TPSA) is 153 Å². The molecule has 2 aromatic carbocycles. The zero-order valence-electron chi connectivity index (χ0n) is 26.3. The Bertz CT molecular complexity index is 1470. The quantitative estimate of drug-likeness (QED) is 0.0773. The van der Waals surface area contributed by atoms with Gasteiger partial charge in [-0.1, -0.05) is 29.8 Å². The Morgan fingerprint density at radius 2 is 1.85 bits per heavy atom. The van der Waals surface area contributed by atoms with Gasteiger partial charge >= 0.3 is 6.03 Å². The Kier molecular flexibility index (Phi) is 12.8. The molecule has 0 bridgehead atoms. The van der Waals surface area contributed by atoms with E-state index >= 15 is 0 Å². The first-order valence-corrected chi connectivity index (χ1v) is 17.6. The SMILES string of the molecule is O=C(NCCCCSc1ccc(Cl)c(COC2(c3cnccc3-c3ccccc3OC3CC3)CC2)c1)NCC(O)C(O)C(O)CCO. The number of urea groups is 1. The van der Waals surface area contributed by atoms with E-state index in [2.05, 4.69) is 27.8 Å². The highest BCUT2D eigenvalue weighted by Gasteiger charge is 2.47. The first kappa shape index (κ1) is 35.4. The van der Waals surface area contributed by atoms with E-state index in [1.165, 1.54) is 0 Å². The zero-order chi connectivity index (χ0) is 33.2. The van der Waals surface area contributed by atoms with Gasteiger partial charge in [0.05, 0.1) is 30.5 Å². The maximum absolute atomic E-state index is 12.0. The van der Waals surface area contributed by atoms with Crippen LogP contribution in [0.15, 0.2) is 65.8 Å². The molecule has 2 amide bonds. The first-order valence-electron chi connectivity index (χ1n) is 16.2. The molecule has 3 atom stereocenters. The minimum absolute atomic E-state index is 0.0617. The van der Waals surface area contributed by atoms with E-state index in [9.17, 15) is 20.1 Å². The van der Waals surface area contributed by atoms with Crippen molar-refractivity contribution in [1.29, 1.82) is 0 Å². The molecule has 2 aliphatic carbocycles. The van der Waals surface area contributed by atoms with Gasteiger partial charge < -0.3 is 40.5 Å². The van der Waals surface area contributed by atoms with Crippen LogP contribution in [0.3, 0.4) is 0 Å². The third-order valence-corrected chi connectivity index (χ3v) is 9.79. The lowest BCUT2D eigenvalue weighted by atomic mass is 9.96. The van der Waals surface area contributed by atoms with E-state index in [1.807, 2.05) is 48.8 Å². The lowest BCUT2D eigenvalue weighted by Crippen LogP contribution is -2.47. The van der Waals surface area contributed by atoms with Crippen LogP contribution < -0.4 is 15.4 Å². The van der Waals surface area contributed by atoms with Crippen LogP contribution in [0, 0.1) is 0 Å². The lowest BCUT2D eigenvalue weighted by Gasteiger charge is -2.22. The standard InChI is InChI=1S/C35H44ClN3O7S/c36-29-10-9-25(47-18-4-3-15-38-34(44)39-21-31(42)33(43)30(41)12-17-40)19-23(29)22-45-35(13-14-35)28-20-37-16-11-26(28)27-5-1-2-6-32(27)46-24-7-8-24/h1-2,5-6,9-11,16,19-20,24,30-31,33,40-43H,3-4,7-8,12-15,17-18,21-22H2,(H2,38,39,44). The van der Waals surface area contributed by atoms with Crippen LogP contribution in [0.2, 0.25) is 5.02 Å². The van der Waals surface area contributed by atoms with Gasteiger partial charge in [0.15, 0.2) is 0 Å². The number of carbonyl (C=O) groups excluding carboxylic acids is 1. The second-order valence-corrected chi connectivity index (χ2v) is 13.7. The summed E-state index contributed by atoms with van der Waals surface area (Å²) in [7, 11) is 0. The average Bonchev–Trinajstić information content (AvgIpc) is 4.03. The van der Waals surface area contributed by atoms with E-state index in [0.717, 1.165) is 77.2 Å². The van der Waals surface area contributed by atoms with Gasteiger partial charge in [-0.3, -0.25) is 4.98 Å². The number of amides is 2. The Morgan fingerprint density at radius 3 is 2.62 bits per heavy atom. The predicted molar refractivity (Wildman–Crippen MR) is 182 cm³/mol. The van der Waals surface area contributed by atoms with Gasteiger partial charge in [-0.2, -0.15) is 0 Å². The number of ether oxygens (including phenoxy) is 2. The molecule has 0 spiro atoms. The van der Waals surface area contributed by atoms with E-state index in [4.69, 9.17) is 26.2 Å². The van der Waals surface area contributed by atoms with Crippen molar-refractivity contribution in [1.82, 2.24) is 15.6 Å². The molecule has 3 unspecified atom stereocenters. The van der Waals surface area contributed by atoms with Crippen molar-refractivity contribution in [3.63, 3.8) is 0 Å². The minimum atomic E-state index is -1.46. The number of hydrogen-bond acceptors (Lipinski definition) is 9. The van der Waals surface area contributed by atoms with Crippen molar-refractivity contribution in [2.45, 2.75) is 86.5 Å². The highest BCUT2D eigenvalue weighted by atomic mass is 35.5. The highest BCUT2D eigenvalue weighted by molar-refractivity contribution is 7.99. The van der Waals surface area contributed by atoms with Crippen LogP contribution in [0.4, 0.5) is 4.79 Å². The summed E-state index contributed by atoms with van der Waals surface area (Å²) in [6, 6.07) is 15.7. The smallest absolute Gasteiger partial charge is 0.314 e. The molecule has 0 aliphatic heterocycles. The summed E-state index contributed by atoms with van der Waals surface area (Å²) >= 11 is 8.32. The summed E-state index contributed by atoms with van der Waals surface area (Å²) in [6.45, 7) is 0.300. The van der Waals surface area contributed by atoms with Crippen molar-refractivity contribution in [3.05, 3.63) is 77.1 Å². The van der Waals surface area contributed by atoms with Crippen molar-refractivity contribution >= 4 is 29.4 Å². The molecule has 2 aliphatic rings. The van der Waals surface area contributed by atoms with Gasteiger partial charge in [0, 0.05) is 53.1 Å². The van der Waals surface area contributed by atoms with Gasteiger partial charge in [0.1, 0.15) is 11.9 Å². The van der Waals surface area contributed by atoms with Crippen LogP contribution in [-0.4, -0.2) is 81.3 Å². The van der Waals surface area contributed by atoms with E-state index < -0.39 is 29.9 Å². The molecule has 5 rings (SSSR count). The fourth-order valence-corrected chi connectivity index (χ4v) is 6.43. The zero-order valence-corrected chi connectivity index (χ0v) is 27.9. The van der Waals surface area contributed by atoms with Crippen molar-refractivity contribution < 1.29 is 34.7 Å². The Morgan fingerprint density at radius 1 is 1.04 bits per heavy atom. The summed E-state index contributed by atoms with van der Waals surface area (Å²) in [5, 5.41) is 44.1. The lowest BCUT2D eigenvalue weighted by molar-refractivity contribution is -0.0634. The molecule has 0 saturated heterocycles. The van der Waals surface area contributed by atoms with Crippen molar-refractivity contribution in [3.8, 4) is 16.9 Å². The second-order valence-electron chi connectivity index (χ2n) is 12.1. The highest BCUT2D eigenvalue weighted by Crippen LogP contribution is 2.53. The number of halogens is 1. The number of benzene rings is 2.